The molecule has 0 aliphatic rings. The maximum absolute atomic E-state index is 12.9. The molecule has 0 saturated heterocycles. The predicted molar refractivity (Wildman–Crippen MR) is 90.1 cm³/mol. The van der Waals surface area contributed by atoms with E-state index in [2.05, 4.69) is 44.3 Å². The summed E-state index contributed by atoms with van der Waals surface area (Å²) in [6, 6.07) is 4.15. The Morgan fingerprint density at radius 2 is 2.17 bits per heavy atom. The van der Waals surface area contributed by atoms with E-state index in [9.17, 15) is 4.79 Å². The van der Waals surface area contributed by atoms with Gasteiger partial charge in [-0.3, -0.25) is 4.79 Å². The standard InChI is InChI=1S/C15H19N7OS/c1-9(2)21(7-12-6-5-10(3)24-12)14(23)13-18-11(4)22(20-13)15-16-8-17-19-15/h5-6,8-9H,7H2,1-4H3,(H,16,17,19). The Morgan fingerprint density at radius 3 is 2.75 bits per heavy atom. The van der Waals surface area contributed by atoms with Crippen molar-refractivity contribution in [2.24, 2.45) is 0 Å². The van der Waals surface area contributed by atoms with Gasteiger partial charge < -0.3 is 4.90 Å². The molecule has 126 valence electrons. The number of hydrogen-bond acceptors (Lipinski definition) is 6. The molecule has 8 nitrogen and oxygen atoms in total. The molecular weight excluding hydrogens is 326 g/mol. The quantitative estimate of drug-likeness (QED) is 0.764. The molecule has 0 atom stereocenters. The van der Waals surface area contributed by atoms with E-state index in [1.807, 2.05) is 13.8 Å². The van der Waals surface area contributed by atoms with E-state index in [-0.39, 0.29) is 17.8 Å². The van der Waals surface area contributed by atoms with Crippen molar-refractivity contribution in [3.8, 4) is 5.95 Å². The van der Waals surface area contributed by atoms with Crippen molar-refractivity contribution >= 4 is 17.2 Å². The van der Waals surface area contributed by atoms with Crippen molar-refractivity contribution in [1.29, 1.82) is 0 Å². The van der Waals surface area contributed by atoms with Crippen molar-refractivity contribution in [3.05, 3.63) is 39.9 Å². The number of amides is 1. The Hall–Kier alpha value is -2.55. The molecule has 0 radical (unpaired) electrons. The number of nitrogens with zero attached hydrogens (tertiary/aromatic N) is 6. The van der Waals surface area contributed by atoms with Crippen LogP contribution in [0.4, 0.5) is 0 Å². The third kappa shape index (κ3) is 3.21. The van der Waals surface area contributed by atoms with Gasteiger partial charge >= 0.3 is 0 Å². The Labute approximate surface area is 143 Å². The molecule has 0 aliphatic heterocycles. The van der Waals surface area contributed by atoms with Crippen molar-refractivity contribution in [1.82, 2.24) is 34.8 Å². The van der Waals surface area contributed by atoms with Gasteiger partial charge in [0.15, 0.2) is 0 Å². The third-order valence-electron chi connectivity index (χ3n) is 3.57. The second-order valence-corrected chi connectivity index (χ2v) is 7.12. The van der Waals surface area contributed by atoms with Gasteiger partial charge in [0.1, 0.15) is 12.2 Å². The summed E-state index contributed by atoms with van der Waals surface area (Å²) in [4.78, 5) is 25.3. The third-order valence-corrected chi connectivity index (χ3v) is 4.55. The summed E-state index contributed by atoms with van der Waals surface area (Å²) in [7, 11) is 0. The van der Waals surface area contributed by atoms with Crippen molar-refractivity contribution in [3.63, 3.8) is 0 Å². The van der Waals surface area contributed by atoms with Crippen LogP contribution in [0.25, 0.3) is 5.95 Å². The zero-order chi connectivity index (χ0) is 17.3. The molecule has 3 rings (SSSR count). The number of nitrogens with one attached hydrogen (secondary N) is 1. The topological polar surface area (TPSA) is 92.6 Å². The van der Waals surface area contributed by atoms with E-state index in [0.717, 1.165) is 4.88 Å². The smallest absolute Gasteiger partial charge is 0.294 e. The fourth-order valence-electron chi connectivity index (χ4n) is 2.34. The highest BCUT2D eigenvalue weighted by atomic mass is 32.1. The summed E-state index contributed by atoms with van der Waals surface area (Å²) in [5, 5.41) is 10.8. The summed E-state index contributed by atoms with van der Waals surface area (Å²) < 4.78 is 1.48. The average molecular weight is 345 g/mol. The number of aryl methyl sites for hydroxylation is 2. The summed E-state index contributed by atoms with van der Waals surface area (Å²) in [5.74, 6) is 0.970. The molecule has 0 unspecified atom stereocenters. The molecular formula is C15H19N7OS. The maximum atomic E-state index is 12.9. The van der Waals surface area contributed by atoms with Crippen LogP contribution < -0.4 is 0 Å². The minimum absolute atomic E-state index is 0.0393. The Morgan fingerprint density at radius 1 is 1.38 bits per heavy atom. The molecule has 3 aromatic rings. The summed E-state index contributed by atoms with van der Waals surface area (Å²) in [6.07, 6.45) is 1.39. The molecule has 0 bridgehead atoms. The average Bonchev–Trinajstić information content (AvgIpc) is 3.24. The van der Waals surface area contributed by atoms with Crippen LogP contribution >= 0.6 is 11.3 Å². The van der Waals surface area contributed by atoms with Crippen molar-refractivity contribution in [2.45, 2.75) is 40.3 Å². The molecule has 0 aromatic carbocycles. The second-order valence-electron chi connectivity index (χ2n) is 5.74. The predicted octanol–water partition coefficient (Wildman–Crippen LogP) is 2.11. The minimum Gasteiger partial charge on any atom is -0.328 e. The summed E-state index contributed by atoms with van der Waals surface area (Å²) in [5.41, 5.74) is 0. The molecule has 9 heteroatoms. The highest BCUT2D eigenvalue weighted by Crippen LogP contribution is 2.19. The van der Waals surface area contributed by atoms with Gasteiger partial charge in [0.2, 0.25) is 11.8 Å². The number of aromatic amines is 1. The van der Waals surface area contributed by atoms with Crippen LogP contribution in [0.1, 0.15) is 40.0 Å². The van der Waals surface area contributed by atoms with Crippen LogP contribution in [-0.2, 0) is 6.54 Å². The lowest BCUT2D eigenvalue weighted by molar-refractivity contribution is 0.0679. The van der Waals surface area contributed by atoms with E-state index in [1.165, 1.54) is 15.9 Å². The number of carbonyl (C=O) groups excluding carboxylic acids is 1. The van der Waals surface area contributed by atoms with E-state index < -0.39 is 0 Å². The first-order chi connectivity index (χ1) is 11.5. The van der Waals surface area contributed by atoms with Crippen molar-refractivity contribution in [2.75, 3.05) is 0 Å². The highest BCUT2D eigenvalue weighted by Gasteiger charge is 2.25. The largest absolute Gasteiger partial charge is 0.328 e. The van der Waals surface area contributed by atoms with Crippen LogP contribution in [0.15, 0.2) is 18.5 Å². The fraction of sp³-hybridized carbons (Fsp3) is 0.400. The number of thiophene rings is 1. The van der Waals surface area contributed by atoms with Gasteiger partial charge in [-0.25, -0.2) is 10.1 Å². The Kier molecular flexibility index (Phi) is 4.43. The minimum atomic E-state index is -0.197. The molecule has 1 amide bonds. The zero-order valence-corrected chi connectivity index (χ0v) is 14.8. The molecule has 0 fully saturated rings. The molecule has 3 heterocycles. The SMILES string of the molecule is Cc1ccc(CN(C(=O)c2nc(C)n(-c3ncn[nH]3)n2)C(C)C)s1. The zero-order valence-electron chi connectivity index (χ0n) is 14.0. The van der Waals surface area contributed by atoms with Gasteiger partial charge in [-0.2, -0.15) is 14.8 Å². The lowest BCUT2D eigenvalue weighted by atomic mass is 10.3. The van der Waals surface area contributed by atoms with E-state index in [4.69, 9.17) is 0 Å². The Balaban J connectivity index is 1.86. The van der Waals surface area contributed by atoms with Crippen LogP contribution in [0, 0.1) is 13.8 Å². The molecule has 24 heavy (non-hydrogen) atoms. The van der Waals surface area contributed by atoms with Gasteiger partial charge in [-0.1, -0.05) is 0 Å². The molecule has 3 aromatic heterocycles. The second kappa shape index (κ2) is 6.52. The first-order valence-electron chi connectivity index (χ1n) is 7.61. The maximum Gasteiger partial charge on any atom is 0.294 e. The van der Waals surface area contributed by atoms with Gasteiger partial charge in [0.05, 0.1) is 6.54 Å². The van der Waals surface area contributed by atoms with Crippen LogP contribution in [-0.4, -0.2) is 46.8 Å². The number of carbonyl (C=O) groups is 1. The number of hydrogen-bond donors (Lipinski definition) is 1. The highest BCUT2D eigenvalue weighted by molar-refractivity contribution is 7.11. The molecule has 1 N–H and O–H groups in total. The summed E-state index contributed by atoms with van der Waals surface area (Å²) in [6.45, 7) is 8.34. The van der Waals surface area contributed by atoms with Gasteiger partial charge in [0, 0.05) is 15.8 Å². The van der Waals surface area contributed by atoms with E-state index >= 15 is 0 Å². The lowest BCUT2D eigenvalue weighted by Crippen LogP contribution is -2.36. The monoisotopic (exact) mass is 345 g/mol. The van der Waals surface area contributed by atoms with Crippen LogP contribution in [0.2, 0.25) is 0 Å². The lowest BCUT2D eigenvalue weighted by Gasteiger charge is -2.24. The molecule has 0 spiro atoms. The van der Waals surface area contributed by atoms with Gasteiger partial charge in [-0.15, -0.1) is 16.4 Å². The Bertz CT molecular complexity index is 834. The van der Waals surface area contributed by atoms with Crippen LogP contribution in [0.3, 0.4) is 0 Å². The normalized spacial score (nSPS) is 11.2. The number of H-pyrrole nitrogens is 1. The molecule has 0 saturated carbocycles. The van der Waals surface area contributed by atoms with Gasteiger partial charge in [-0.05, 0) is 39.8 Å². The van der Waals surface area contributed by atoms with Crippen molar-refractivity contribution < 1.29 is 4.79 Å². The first-order valence-corrected chi connectivity index (χ1v) is 8.43. The number of aromatic nitrogens is 6. The molecule has 0 aliphatic carbocycles. The number of rotatable bonds is 5. The fourth-order valence-corrected chi connectivity index (χ4v) is 3.23. The van der Waals surface area contributed by atoms with E-state index in [0.29, 0.717) is 18.3 Å². The van der Waals surface area contributed by atoms with Crippen LogP contribution in [0.5, 0.6) is 0 Å². The summed E-state index contributed by atoms with van der Waals surface area (Å²) >= 11 is 1.69. The first kappa shape index (κ1) is 16.3. The van der Waals surface area contributed by atoms with Gasteiger partial charge in [0.25, 0.3) is 5.91 Å². The van der Waals surface area contributed by atoms with E-state index in [1.54, 1.807) is 23.2 Å².